The highest BCUT2D eigenvalue weighted by atomic mass is 16.5. The number of aryl methyl sites for hydroxylation is 2. The summed E-state index contributed by atoms with van der Waals surface area (Å²) in [6.07, 6.45) is 1.54. The van der Waals surface area contributed by atoms with Gasteiger partial charge in [0.05, 0.1) is 0 Å². The van der Waals surface area contributed by atoms with Gasteiger partial charge in [0.25, 0.3) is 0 Å². The van der Waals surface area contributed by atoms with Gasteiger partial charge < -0.3 is 14.7 Å². The Morgan fingerprint density at radius 2 is 1.96 bits per heavy atom. The monoisotopic (exact) mass is 309 g/mol. The van der Waals surface area contributed by atoms with Crippen LogP contribution >= 0.6 is 0 Å². The maximum atomic E-state index is 5.05. The minimum Gasteiger partial charge on any atom is -0.360 e. The molecule has 1 N–H and O–H groups in total. The van der Waals surface area contributed by atoms with E-state index < -0.39 is 0 Å². The zero-order valence-corrected chi connectivity index (χ0v) is 13.4. The van der Waals surface area contributed by atoms with E-state index in [0.717, 1.165) is 23.8 Å². The second-order valence-electron chi connectivity index (χ2n) is 5.29. The third-order valence-corrected chi connectivity index (χ3v) is 3.44. The highest BCUT2D eigenvalue weighted by Gasteiger charge is 2.11. The van der Waals surface area contributed by atoms with Crippen LogP contribution in [0.15, 0.2) is 47.2 Å². The first-order chi connectivity index (χ1) is 11.2. The van der Waals surface area contributed by atoms with Crippen LogP contribution in [0, 0.1) is 13.8 Å². The summed E-state index contributed by atoms with van der Waals surface area (Å²) in [4.78, 5) is 10.8. The topological polar surface area (TPSA) is 67.1 Å². The molecule has 0 aliphatic carbocycles. The quantitative estimate of drug-likeness (QED) is 0.769. The molecular formula is C17H19N5O. The Hall–Kier alpha value is -2.89. The lowest BCUT2D eigenvalue weighted by Gasteiger charge is -2.22. The fourth-order valence-electron chi connectivity index (χ4n) is 2.39. The lowest BCUT2D eigenvalue weighted by molar-refractivity contribution is 0.400. The first-order valence-electron chi connectivity index (χ1n) is 7.52. The molecule has 0 saturated carbocycles. The Labute approximate surface area is 135 Å². The molecule has 0 radical (unpaired) electrons. The van der Waals surface area contributed by atoms with Crippen molar-refractivity contribution in [1.82, 2.24) is 15.1 Å². The smallest absolute Gasteiger partial charge is 0.175 e. The van der Waals surface area contributed by atoms with Gasteiger partial charge in [0.2, 0.25) is 0 Å². The van der Waals surface area contributed by atoms with Gasteiger partial charge in [-0.2, -0.15) is 0 Å². The molecule has 6 heteroatoms. The molecule has 23 heavy (non-hydrogen) atoms. The van der Waals surface area contributed by atoms with Crippen molar-refractivity contribution in [3.63, 3.8) is 0 Å². The highest BCUT2D eigenvalue weighted by Crippen LogP contribution is 2.26. The van der Waals surface area contributed by atoms with Crippen LogP contribution in [0.5, 0.6) is 0 Å². The van der Waals surface area contributed by atoms with Gasteiger partial charge in [0, 0.05) is 24.4 Å². The normalized spacial score (nSPS) is 10.6. The van der Waals surface area contributed by atoms with E-state index in [-0.39, 0.29) is 0 Å². The van der Waals surface area contributed by atoms with Crippen LogP contribution in [0.2, 0.25) is 0 Å². The third kappa shape index (κ3) is 3.48. The van der Waals surface area contributed by atoms with E-state index in [2.05, 4.69) is 57.4 Å². The molecule has 0 saturated heterocycles. The predicted molar refractivity (Wildman–Crippen MR) is 90.4 cm³/mol. The maximum Gasteiger partial charge on any atom is 0.175 e. The van der Waals surface area contributed by atoms with E-state index in [9.17, 15) is 0 Å². The zero-order chi connectivity index (χ0) is 16.2. The summed E-state index contributed by atoms with van der Waals surface area (Å²) >= 11 is 0. The summed E-state index contributed by atoms with van der Waals surface area (Å²) in [6.45, 7) is 6.83. The number of hydrogen-bond donors (Lipinski definition) is 1. The van der Waals surface area contributed by atoms with Gasteiger partial charge in [0.15, 0.2) is 5.82 Å². The van der Waals surface area contributed by atoms with Crippen molar-refractivity contribution in [3.05, 3.63) is 54.0 Å². The van der Waals surface area contributed by atoms with E-state index in [1.54, 1.807) is 6.33 Å². The Bertz CT molecular complexity index is 799. The summed E-state index contributed by atoms with van der Waals surface area (Å²) in [5.41, 5.74) is 2.32. The SMILES string of the molecule is CCN(c1cccc(C)c1)c1cc(Nc2cc(C)on2)ncn1. The summed E-state index contributed by atoms with van der Waals surface area (Å²) in [6, 6.07) is 12.1. The Morgan fingerprint density at radius 1 is 1.09 bits per heavy atom. The van der Waals surface area contributed by atoms with Gasteiger partial charge in [-0.05, 0) is 38.5 Å². The van der Waals surface area contributed by atoms with E-state index in [4.69, 9.17) is 4.52 Å². The minimum absolute atomic E-state index is 0.630. The van der Waals surface area contributed by atoms with Gasteiger partial charge in [-0.1, -0.05) is 17.3 Å². The number of nitrogens with one attached hydrogen (secondary N) is 1. The van der Waals surface area contributed by atoms with Crippen molar-refractivity contribution >= 4 is 23.1 Å². The van der Waals surface area contributed by atoms with Gasteiger partial charge in [-0.25, -0.2) is 9.97 Å². The number of hydrogen-bond acceptors (Lipinski definition) is 6. The predicted octanol–water partition coefficient (Wildman–Crippen LogP) is 3.98. The van der Waals surface area contributed by atoms with Crippen LogP contribution in [0.25, 0.3) is 0 Å². The van der Waals surface area contributed by atoms with Crippen LogP contribution < -0.4 is 10.2 Å². The van der Waals surface area contributed by atoms with Gasteiger partial charge >= 0.3 is 0 Å². The van der Waals surface area contributed by atoms with Crippen molar-refractivity contribution in [2.45, 2.75) is 20.8 Å². The van der Waals surface area contributed by atoms with Crippen molar-refractivity contribution in [2.24, 2.45) is 0 Å². The molecule has 0 unspecified atom stereocenters. The average molecular weight is 309 g/mol. The Kier molecular flexibility index (Phi) is 4.23. The second kappa shape index (κ2) is 6.48. The molecule has 2 heterocycles. The molecule has 0 amide bonds. The molecular weight excluding hydrogens is 290 g/mol. The fourth-order valence-corrected chi connectivity index (χ4v) is 2.39. The van der Waals surface area contributed by atoms with Crippen molar-refractivity contribution < 1.29 is 4.52 Å². The highest BCUT2D eigenvalue weighted by molar-refractivity contribution is 5.64. The van der Waals surface area contributed by atoms with Crippen LogP contribution in [0.3, 0.4) is 0 Å². The Balaban J connectivity index is 1.88. The third-order valence-electron chi connectivity index (χ3n) is 3.44. The summed E-state index contributed by atoms with van der Waals surface area (Å²) < 4.78 is 5.05. The first kappa shape index (κ1) is 15.0. The molecule has 3 aromatic rings. The number of benzene rings is 1. The maximum absolute atomic E-state index is 5.05. The number of aromatic nitrogens is 3. The fraction of sp³-hybridized carbons (Fsp3) is 0.235. The molecule has 1 aromatic carbocycles. The van der Waals surface area contributed by atoms with Crippen LogP contribution in [0.4, 0.5) is 23.1 Å². The van der Waals surface area contributed by atoms with Crippen molar-refractivity contribution in [1.29, 1.82) is 0 Å². The minimum atomic E-state index is 0.630. The number of nitrogens with zero attached hydrogens (tertiary/aromatic N) is 4. The van der Waals surface area contributed by atoms with Crippen LogP contribution in [-0.4, -0.2) is 21.7 Å². The molecule has 0 bridgehead atoms. The van der Waals surface area contributed by atoms with Gasteiger partial charge in [0.1, 0.15) is 23.7 Å². The molecule has 6 nitrogen and oxygen atoms in total. The lowest BCUT2D eigenvalue weighted by atomic mass is 10.2. The molecule has 2 aromatic heterocycles. The van der Waals surface area contributed by atoms with E-state index >= 15 is 0 Å². The first-order valence-corrected chi connectivity index (χ1v) is 7.52. The zero-order valence-electron chi connectivity index (χ0n) is 13.4. The number of anilines is 4. The van der Waals surface area contributed by atoms with Crippen molar-refractivity contribution in [3.8, 4) is 0 Å². The molecule has 118 valence electrons. The molecule has 0 aliphatic heterocycles. The Morgan fingerprint density at radius 3 is 2.65 bits per heavy atom. The second-order valence-corrected chi connectivity index (χ2v) is 5.29. The van der Waals surface area contributed by atoms with E-state index in [1.165, 1.54) is 5.56 Å². The molecule has 0 spiro atoms. The summed E-state index contributed by atoms with van der Waals surface area (Å²) in [5.74, 6) is 2.88. The summed E-state index contributed by atoms with van der Waals surface area (Å²) in [5, 5.41) is 7.04. The van der Waals surface area contributed by atoms with E-state index in [1.807, 2.05) is 25.1 Å². The molecule has 0 aliphatic rings. The van der Waals surface area contributed by atoms with Crippen molar-refractivity contribution in [2.75, 3.05) is 16.8 Å². The van der Waals surface area contributed by atoms with E-state index in [0.29, 0.717) is 11.6 Å². The van der Waals surface area contributed by atoms with Crippen LogP contribution in [0.1, 0.15) is 18.2 Å². The molecule has 3 rings (SSSR count). The van der Waals surface area contributed by atoms with Gasteiger partial charge in [-0.3, -0.25) is 0 Å². The molecule has 0 atom stereocenters. The summed E-state index contributed by atoms with van der Waals surface area (Å²) in [7, 11) is 0. The number of rotatable bonds is 5. The average Bonchev–Trinajstić information content (AvgIpc) is 2.94. The standard InChI is InChI=1S/C17H19N5O/c1-4-22(14-7-5-6-12(2)8-14)17-10-15(18-11-19-17)20-16-9-13(3)23-21-16/h5-11H,4H2,1-3H3,(H,18,19,20,21). The van der Waals surface area contributed by atoms with Crippen LogP contribution in [-0.2, 0) is 0 Å². The molecule has 0 fully saturated rings. The lowest BCUT2D eigenvalue weighted by Crippen LogP contribution is -2.17. The van der Waals surface area contributed by atoms with Gasteiger partial charge in [-0.15, -0.1) is 0 Å². The largest absolute Gasteiger partial charge is 0.360 e.